The van der Waals surface area contributed by atoms with Crippen molar-refractivity contribution in [1.82, 2.24) is 0 Å². The van der Waals surface area contributed by atoms with Crippen molar-refractivity contribution < 1.29 is 0 Å². The van der Waals surface area contributed by atoms with E-state index in [1.807, 2.05) is 11.8 Å². The minimum Gasteiger partial charge on any atom is -0.128 e. The summed E-state index contributed by atoms with van der Waals surface area (Å²) in [5.41, 5.74) is 0. The Balaban J connectivity index is 3.30. The van der Waals surface area contributed by atoms with Gasteiger partial charge in [0, 0.05) is 5.25 Å². The second kappa shape index (κ2) is 8.68. The van der Waals surface area contributed by atoms with Crippen molar-refractivity contribution in [3.05, 3.63) is 11.5 Å². The Bertz CT molecular complexity index is 129. The van der Waals surface area contributed by atoms with Crippen LogP contribution < -0.4 is 0 Å². The van der Waals surface area contributed by atoms with E-state index in [1.165, 1.54) is 43.4 Å². The van der Waals surface area contributed by atoms with Crippen LogP contribution in [0.5, 0.6) is 0 Å². The minimum absolute atomic E-state index is 0.749. The van der Waals surface area contributed by atoms with Crippen LogP contribution in [0.4, 0.5) is 0 Å². The molecule has 0 rings (SSSR count). The van der Waals surface area contributed by atoms with Crippen LogP contribution in [0.2, 0.25) is 0 Å². The van der Waals surface area contributed by atoms with Gasteiger partial charge in [0.25, 0.3) is 0 Å². The number of unbranched alkanes of at least 4 members (excludes halogenated alkanes) is 3. The molecule has 0 aromatic heterocycles. The van der Waals surface area contributed by atoms with Gasteiger partial charge in [-0.3, -0.25) is 0 Å². The quantitative estimate of drug-likeness (QED) is 0.497. The van der Waals surface area contributed by atoms with E-state index in [0.717, 1.165) is 5.25 Å². The zero-order valence-corrected chi connectivity index (χ0v) is 10.3. The monoisotopic (exact) mass is 200 g/mol. The second-order valence-corrected chi connectivity index (χ2v) is 5.30. The van der Waals surface area contributed by atoms with Crippen LogP contribution >= 0.6 is 11.8 Å². The van der Waals surface area contributed by atoms with E-state index in [0.29, 0.717) is 0 Å². The van der Waals surface area contributed by atoms with Gasteiger partial charge in [-0.15, -0.1) is 11.8 Å². The standard InChI is InChI=1S/C12H24S/c1-5-7-8-9-10-12(4)13-11(3)6-2/h11H,4-10H2,1-3H3. The van der Waals surface area contributed by atoms with Crippen LogP contribution in [0.15, 0.2) is 11.5 Å². The molecule has 0 nitrogen and oxygen atoms in total. The van der Waals surface area contributed by atoms with Gasteiger partial charge in [0.05, 0.1) is 0 Å². The first-order valence-corrected chi connectivity index (χ1v) is 6.43. The highest BCUT2D eigenvalue weighted by Crippen LogP contribution is 2.26. The molecule has 0 spiro atoms. The molecule has 1 heteroatoms. The van der Waals surface area contributed by atoms with Crippen molar-refractivity contribution >= 4 is 11.8 Å². The zero-order valence-electron chi connectivity index (χ0n) is 9.44. The molecule has 0 saturated heterocycles. The van der Waals surface area contributed by atoms with Crippen molar-refractivity contribution in [2.45, 2.75) is 64.5 Å². The van der Waals surface area contributed by atoms with Gasteiger partial charge < -0.3 is 0 Å². The van der Waals surface area contributed by atoms with Crippen LogP contribution in [-0.2, 0) is 0 Å². The van der Waals surface area contributed by atoms with E-state index in [-0.39, 0.29) is 0 Å². The van der Waals surface area contributed by atoms with E-state index in [2.05, 4.69) is 27.4 Å². The molecular formula is C12H24S. The van der Waals surface area contributed by atoms with E-state index in [1.54, 1.807) is 0 Å². The van der Waals surface area contributed by atoms with Gasteiger partial charge in [0.2, 0.25) is 0 Å². The summed E-state index contributed by atoms with van der Waals surface area (Å²) in [7, 11) is 0. The molecule has 0 aromatic carbocycles. The highest BCUT2D eigenvalue weighted by Gasteiger charge is 2.01. The molecule has 0 fully saturated rings. The normalized spacial score (nSPS) is 12.8. The third kappa shape index (κ3) is 8.42. The Labute approximate surface area is 88.2 Å². The second-order valence-electron chi connectivity index (χ2n) is 3.69. The van der Waals surface area contributed by atoms with Gasteiger partial charge in [0.1, 0.15) is 0 Å². The molecule has 0 aromatic rings. The molecule has 0 heterocycles. The number of allylic oxidation sites excluding steroid dienone is 1. The van der Waals surface area contributed by atoms with Gasteiger partial charge in [-0.05, 0) is 24.2 Å². The average molecular weight is 200 g/mol. The SMILES string of the molecule is C=C(CCCCCC)SC(C)CC. The first-order chi connectivity index (χ1) is 6.20. The summed E-state index contributed by atoms with van der Waals surface area (Å²) in [6.45, 7) is 10.9. The van der Waals surface area contributed by atoms with Crippen LogP contribution in [0.3, 0.4) is 0 Å². The van der Waals surface area contributed by atoms with Crippen molar-refractivity contribution in [1.29, 1.82) is 0 Å². The smallest absolute Gasteiger partial charge is 0.00600 e. The summed E-state index contributed by atoms with van der Waals surface area (Å²) in [5, 5.41) is 0.749. The molecule has 0 aliphatic heterocycles. The number of hydrogen-bond donors (Lipinski definition) is 0. The topological polar surface area (TPSA) is 0 Å². The Morgan fingerprint density at radius 2 is 1.92 bits per heavy atom. The maximum absolute atomic E-state index is 4.10. The first-order valence-electron chi connectivity index (χ1n) is 5.55. The predicted octanol–water partition coefficient (Wildman–Crippen LogP) is 5.00. The molecule has 0 saturated carbocycles. The summed E-state index contributed by atoms with van der Waals surface area (Å²) < 4.78 is 0. The summed E-state index contributed by atoms with van der Waals surface area (Å²) >= 11 is 1.96. The number of thioether (sulfide) groups is 1. The lowest BCUT2D eigenvalue weighted by molar-refractivity contribution is 0.672. The van der Waals surface area contributed by atoms with E-state index < -0.39 is 0 Å². The molecular weight excluding hydrogens is 176 g/mol. The van der Waals surface area contributed by atoms with Crippen LogP contribution in [0.25, 0.3) is 0 Å². The summed E-state index contributed by atoms with van der Waals surface area (Å²) in [6, 6.07) is 0. The number of hydrogen-bond acceptors (Lipinski definition) is 1. The molecule has 1 atom stereocenters. The Kier molecular flexibility index (Phi) is 8.74. The minimum atomic E-state index is 0.749. The van der Waals surface area contributed by atoms with Crippen molar-refractivity contribution in [2.75, 3.05) is 0 Å². The van der Waals surface area contributed by atoms with Crippen LogP contribution in [-0.4, -0.2) is 5.25 Å². The average Bonchev–Trinajstić information content (AvgIpc) is 2.12. The predicted molar refractivity (Wildman–Crippen MR) is 65.2 cm³/mol. The molecule has 0 amide bonds. The fourth-order valence-electron chi connectivity index (χ4n) is 1.18. The molecule has 0 radical (unpaired) electrons. The fraction of sp³-hybridized carbons (Fsp3) is 0.833. The molecule has 0 bridgehead atoms. The Morgan fingerprint density at radius 1 is 1.23 bits per heavy atom. The molecule has 0 N–H and O–H groups in total. The van der Waals surface area contributed by atoms with Crippen molar-refractivity contribution in [3.8, 4) is 0 Å². The van der Waals surface area contributed by atoms with Gasteiger partial charge in [-0.1, -0.05) is 46.6 Å². The van der Waals surface area contributed by atoms with Gasteiger partial charge in [-0.2, -0.15) is 0 Å². The lowest BCUT2D eigenvalue weighted by Gasteiger charge is -2.10. The third-order valence-corrected chi connectivity index (χ3v) is 3.53. The number of rotatable bonds is 8. The Morgan fingerprint density at radius 3 is 2.46 bits per heavy atom. The highest BCUT2D eigenvalue weighted by atomic mass is 32.2. The maximum Gasteiger partial charge on any atom is 0.00600 e. The maximum atomic E-state index is 4.10. The summed E-state index contributed by atoms with van der Waals surface area (Å²) in [6.07, 6.45) is 7.87. The van der Waals surface area contributed by atoms with Crippen LogP contribution in [0.1, 0.15) is 59.3 Å². The van der Waals surface area contributed by atoms with Crippen molar-refractivity contribution in [2.24, 2.45) is 0 Å². The molecule has 13 heavy (non-hydrogen) atoms. The highest BCUT2D eigenvalue weighted by molar-refractivity contribution is 8.03. The first kappa shape index (κ1) is 13.1. The van der Waals surface area contributed by atoms with E-state index in [4.69, 9.17) is 0 Å². The molecule has 0 aliphatic rings. The van der Waals surface area contributed by atoms with E-state index >= 15 is 0 Å². The molecule has 78 valence electrons. The van der Waals surface area contributed by atoms with Gasteiger partial charge >= 0.3 is 0 Å². The molecule has 1 unspecified atom stereocenters. The lowest BCUT2D eigenvalue weighted by Crippen LogP contribution is -1.92. The van der Waals surface area contributed by atoms with Crippen molar-refractivity contribution in [3.63, 3.8) is 0 Å². The largest absolute Gasteiger partial charge is 0.128 e. The van der Waals surface area contributed by atoms with Gasteiger partial charge in [0.15, 0.2) is 0 Å². The summed E-state index contributed by atoms with van der Waals surface area (Å²) in [5.74, 6) is 0. The summed E-state index contributed by atoms with van der Waals surface area (Å²) in [4.78, 5) is 1.38. The molecule has 0 aliphatic carbocycles. The van der Waals surface area contributed by atoms with Crippen LogP contribution in [0, 0.1) is 0 Å². The zero-order chi connectivity index (χ0) is 10.1. The fourth-order valence-corrected chi connectivity index (χ4v) is 2.17. The van der Waals surface area contributed by atoms with Gasteiger partial charge in [-0.25, -0.2) is 0 Å². The lowest BCUT2D eigenvalue weighted by atomic mass is 10.1. The third-order valence-electron chi connectivity index (χ3n) is 2.25. The Hall–Kier alpha value is 0.0900. The van der Waals surface area contributed by atoms with E-state index in [9.17, 15) is 0 Å².